The lowest BCUT2D eigenvalue weighted by Gasteiger charge is -2.17. The molecule has 0 spiro atoms. The monoisotopic (exact) mass is 310 g/mol. The average Bonchev–Trinajstić information content (AvgIpc) is 3.07. The molecular weight excluding hydrogens is 292 g/mol. The van der Waals surface area contributed by atoms with Crippen LogP contribution >= 0.6 is 11.3 Å². The van der Waals surface area contributed by atoms with Gasteiger partial charge in [0.2, 0.25) is 0 Å². The SMILES string of the molecule is CCC(Nc1cc(C)nc(-c2cccnc2)n1)c1cccs1. The van der Waals surface area contributed by atoms with E-state index < -0.39 is 0 Å². The molecule has 3 rings (SSSR count). The predicted molar refractivity (Wildman–Crippen MR) is 91.0 cm³/mol. The van der Waals surface area contributed by atoms with Crippen molar-refractivity contribution < 1.29 is 0 Å². The van der Waals surface area contributed by atoms with Crippen molar-refractivity contribution in [3.8, 4) is 11.4 Å². The van der Waals surface area contributed by atoms with Gasteiger partial charge in [0.15, 0.2) is 5.82 Å². The first-order chi connectivity index (χ1) is 10.8. The molecule has 4 nitrogen and oxygen atoms in total. The molecule has 0 aromatic carbocycles. The fourth-order valence-electron chi connectivity index (χ4n) is 2.31. The van der Waals surface area contributed by atoms with Crippen LogP contribution in [-0.4, -0.2) is 15.0 Å². The van der Waals surface area contributed by atoms with E-state index in [4.69, 9.17) is 0 Å². The van der Waals surface area contributed by atoms with Crippen molar-refractivity contribution in [3.05, 3.63) is 58.7 Å². The van der Waals surface area contributed by atoms with E-state index in [-0.39, 0.29) is 6.04 Å². The quantitative estimate of drug-likeness (QED) is 0.755. The van der Waals surface area contributed by atoms with Crippen LogP contribution in [0.3, 0.4) is 0 Å². The van der Waals surface area contributed by atoms with Crippen molar-refractivity contribution in [2.24, 2.45) is 0 Å². The molecule has 1 atom stereocenters. The maximum Gasteiger partial charge on any atom is 0.163 e. The molecule has 0 radical (unpaired) electrons. The summed E-state index contributed by atoms with van der Waals surface area (Å²) in [7, 11) is 0. The first kappa shape index (κ1) is 14.7. The lowest BCUT2D eigenvalue weighted by atomic mass is 10.2. The standard InChI is InChI=1S/C17H18N4S/c1-3-14(15-7-5-9-22-15)20-16-10-12(2)19-17(21-16)13-6-4-8-18-11-13/h4-11,14H,3H2,1-2H3,(H,19,20,21). The summed E-state index contributed by atoms with van der Waals surface area (Å²) in [6.07, 6.45) is 4.54. The predicted octanol–water partition coefficient (Wildman–Crippen LogP) is 4.47. The highest BCUT2D eigenvalue weighted by atomic mass is 32.1. The molecule has 0 saturated heterocycles. The zero-order valence-electron chi connectivity index (χ0n) is 12.7. The third-order valence-corrected chi connectivity index (χ3v) is 4.38. The van der Waals surface area contributed by atoms with Gasteiger partial charge in [-0.1, -0.05) is 13.0 Å². The summed E-state index contributed by atoms with van der Waals surface area (Å²) in [5.74, 6) is 1.56. The van der Waals surface area contributed by atoms with Crippen LogP contribution in [0, 0.1) is 6.92 Å². The number of aromatic nitrogens is 3. The normalized spacial score (nSPS) is 12.1. The molecule has 112 valence electrons. The Hall–Kier alpha value is -2.27. The summed E-state index contributed by atoms with van der Waals surface area (Å²) in [5, 5.41) is 5.62. The fourth-order valence-corrected chi connectivity index (χ4v) is 3.17. The lowest BCUT2D eigenvalue weighted by Crippen LogP contribution is -2.10. The second kappa shape index (κ2) is 6.66. The topological polar surface area (TPSA) is 50.7 Å². The zero-order chi connectivity index (χ0) is 15.4. The number of nitrogens with zero attached hydrogens (tertiary/aromatic N) is 3. The summed E-state index contributed by atoms with van der Waals surface area (Å²) in [6, 6.07) is 10.4. The highest BCUT2D eigenvalue weighted by Crippen LogP contribution is 2.26. The van der Waals surface area contributed by atoms with E-state index in [0.29, 0.717) is 5.82 Å². The minimum absolute atomic E-state index is 0.274. The Morgan fingerprint density at radius 1 is 1.23 bits per heavy atom. The van der Waals surface area contributed by atoms with E-state index >= 15 is 0 Å². The van der Waals surface area contributed by atoms with Crippen molar-refractivity contribution in [3.63, 3.8) is 0 Å². The van der Waals surface area contributed by atoms with Crippen LogP contribution in [0.5, 0.6) is 0 Å². The van der Waals surface area contributed by atoms with Crippen molar-refractivity contribution >= 4 is 17.2 Å². The van der Waals surface area contributed by atoms with Crippen LogP contribution < -0.4 is 5.32 Å². The Balaban J connectivity index is 1.89. The van der Waals surface area contributed by atoms with Crippen LogP contribution in [0.4, 0.5) is 5.82 Å². The highest BCUT2D eigenvalue weighted by Gasteiger charge is 2.12. The Morgan fingerprint density at radius 3 is 2.82 bits per heavy atom. The number of anilines is 1. The van der Waals surface area contributed by atoms with E-state index in [1.165, 1.54) is 4.88 Å². The Labute approximate surface area is 134 Å². The van der Waals surface area contributed by atoms with Gasteiger partial charge in [-0.15, -0.1) is 11.3 Å². The van der Waals surface area contributed by atoms with Crippen LogP contribution in [0.15, 0.2) is 48.1 Å². The third kappa shape index (κ3) is 3.31. The van der Waals surface area contributed by atoms with E-state index in [0.717, 1.165) is 23.5 Å². The van der Waals surface area contributed by atoms with Gasteiger partial charge in [0, 0.05) is 34.6 Å². The number of pyridine rings is 1. The second-order valence-electron chi connectivity index (χ2n) is 5.08. The smallest absolute Gasteiger partial charge is 0.163 e. The number of hydrogen-bond donors (Lipinski definition) is 1. The molecule has 0 aliphatic carbocycles. The first-order valence-electron chi connectivity index (χ1n) is 7.32. The molecule has 22 heavy (non-hydrogen) atoms. The summed E-state index contributed by atoms with van der Waals surface area (Å²) in [6.45, 7) is 4.16. The van der Waals surface area contributed by atoms with Gasteiger partial charge in [-0.05, 0) is 36.9 Å². The summed E-state index contributed by atoms with van der Waals surface area (Å²) < 4.78 is 0. The van der Waals surface area contributed by atoms with E-state index in [1.807, 2.05) is 25.1 Å². The summed E-state index contributed by atoms with van der Waals surface area (Å²) in [4.78, 5) is 14.6. The van der Waals surface area contributed by atoms with Crippen LogP contribution in [0.2, 0.25) is 0 Å². The van der Waals surface area contributed by atoms with Crippen LogP contribution in [-0.2, 0) is 0 Å². The minimum atomic E-state index is 0.274. The number of thiophene rings is 1. The molecule has 1 unspecified atom stereocenters. The van der Waals surface area contributed by atoms with Crippen LogP contribution in [0.25, 0.3) is 11.4 Å². The van der Waals surface area contributed by atoms with Gasteiger partial charge in [0.1, 0.15) is 5.82 Å². The number of rotatable bonds is 5. The Bertz CT molecular complexity index is 726. The molecule has 0 bridgehead atoms. The Morgan fingerprint density at radius 2 is 2.14 bits per heavy atom. The maximum absolute atomic E-state index is 4.64. The molecule has 5 heteroatoms. The fraction of sp³-hybridized carbons (Fsp3) is 0.235. The van der Waals surface area contributed by atoms with Crippen molar-refractivity contribution in [1.82, 2.24) is 15.0 Å². The van der Waals surface area contributed by atoms with Crippen molar-refractivity contribution in [2.45, 2.75) is 26.3 Å². The molecule has 0 aliphatic rings. The molecule has 0 aliphatic heterocycles. The van der Waals surface area contributed by atoms with Crippen molar-refractivity contribution in [1.29, 1.82) is 0 Å². The number of aryl methyl sites for hydroxylation is 1. The second-order valence-corrected chi connectivity index (χ2v) is 6.06. The van der Waals surface area contributed by atoms with Gasteiger partial charge in [0.25, 0.3) is 0 Å². The molecule has 3 heterocycles. The molecule has 0 amide bonds. The van der Waals surface area contributed by atoms with E-state index in [9.17, 15) is 0 Å². The third-order valence-electron chi connectivity index (χ3n) is 3.39. The summed E-state index contributed by atoms with van der Waals surface area (Å²) >= 11 is 1.76. The van der Waals surface area contributed by atoms with Gasteiger partial charge in [-0.25, -0.2) is 9.97 Å². The van der Waals surface area contributed by atoms with Gasteiger partial charge in [0.05, 0.1) is 6.04 Å². The van der Waals surface area contributed by atoms with Gasteiger partial charge >= 0.3 is 0 Å². The van der Waals surface area contributed by atoms with Gasteiger partial charge < -0.3 is 5.32 Å². The number of nitrogens with one attached hydrogen (secondary N) is 1. The first-order valence-corrected chi connectivity index (χ1v) is 8.20. The maximum atomic E-state index is 4.64. The van der Waals surface area contributed by atoms with E-state index in [1.54, 1.807) is 23.7 Å². The largest absolute Gasteiger partial charge is 0.362 e. The Kier molecular flexibility index (Phi) is 4.44. The zero-order valence-corrected chi connectivity index (χ0v) is 13.5. The molecule has 0 fully saturated rings. The number of hydrogen-bond acceptors (Lipinski definition) is 5. The van der Waals surface area contributed by atoms with Crippen LogP contribution in [0.1, 0.15) is 30.0 Å². The molecular formula is C17H18N4S. The molecule has 3 aromatic heterocycles. The molecule has 1 N–H and O–H groups in total. The average molecular weight is 310 g/mol. The molecule has 0 saturated carbocycles. The van der Waals surface area contributed by atoms with Crippen molar-refractivity contribution in [2.75, 3.05) is 5.32 Å². The lowest BCUT2D eigenvalue weighted by molar-refractivity contribution is 0.758. The minimum Gasteiger partial charge on any atom is -0.362 e. The van der Waals surface area contributed by atoms with Gasteiger partial charge in [-0.2, -0.15) is 0 Å². The van der Waals surface area contributed by atoms with E-state index in [2.05, 4.69) is 44.7 Å². The summed E-state index contributed by atoms with van der Waals surface area (Å²) in [5.41, 5.74) is 1.87. The van der Waals surface area contributed by atoms with Gasteiger partial charge in [-0.3, -0.25) is 4.98 Å². The highest BCUT2D eigenvalue weighted by molar-refractivity contribution is 7.10. The molecule has 3 aromatic rings.